The molecule has 1 aliphatic carbocycles. The Balaban J connectivity index is 2.12. The van der Waals surface area contributed by atoms with Crippen molar-refractivity contribution < 1.29 is 4.74 Å². The van der Waals surface area contributed by atoms with E-state index in [4.69, 9.17) is 10.00 Å². The smallest absolute Gasteiger partial charge is 0.232 e. The molecule has 0 spiro atoms. The summed E-state index contributed by atoms with van der Waals surface area (Å²) in [4.78, 5) is 4.19. The van der Waals surface area contributed by atoms with E-state index in [1.165, 1.54) is 25.7 Å². The van der Waals surface area contributed by atoms with Crippen LogP contribution in [0.4, 0.5) is 0 Å². The first-order valence-electron chi connectivity index (χ1n) is 6.33. The summed E-state index contributed by atoms with van der Waals surface area (Å²) in [5.74, 6) is 0.513. The Labute approximate surface area is 102 Å². The fourth-order valence-electron chi connectivity index (χ4n) is 2.28. The molecule has 1 aromatic heterocycles. The van der Waals surface area contributed by atoms with Crippen LogP contribution in [0.3, 0.4) is 0 Å². The van der Waals surface area contributed by atoms with Gasteiger partial charge in [-0.1, -0.05) is 12.8 Å². The number of hydrogen-bond donors (Lipinski definition) is 0. The third kappa shape index (κ3) is 2.97. The molecule has 0 bridgehead atoms. The zero-order valence-electron chi connectivity index (χ0n) is 10.3. The van der Waals surface area contributed by atoms with Crippen LogP contribution < -0.4 is 4.74 Å². The summed E-state index contributed by atoms with van der Waals surface area (Å²) in [5.41, 5.74) is 1.52. The van der Waals surface area contributed by atoms with Crippen LogP contribution in [0.1, 0.15) is 49.7 Å². The van der Waals surface area contributed by atoms with Crippen molar-refractivity contribution in [2.24, 2.45) is 0 Å². The minimum Gasteiger partial charge on any atom is -0.473 e. The first kappa shape index (κ1) is 11.9. The van der Waals surface area contributed by atoms with E-state index in [0.717, 1.165) is 18.4 Å². The van der Waals surface area contributed by atoms with E-state index in [1.54, 1.807) is 6.20 Å². The van der Waals surface area contributed by atoms with Crippen LogP contribution in [-0.2, 0) is 0 Å². The Morgan fingerprint density at radius 3 is 2.65 bits per heavy atom. The molecule has 1 fully saturated rings. The van der Waals surface area contributed by atoms with Gasteiger partial charge in [0, 0.05) is 6.20 Å². The molecule has 0 saturated heterocycles. The molecular formula is C14H18N2O. The summed E-state index contributed by atoms with van der Waals surface area (Å²) in [6, 6.07) is 4.03. The molecule has 0 unspecified atom stereocenters. The predicted molar refractivity (Wildman–Crippen MR) is 65.8 cm³/mol. The number of rotatable bonds is 2. The van der Waals surface area contributed by atoms with Crippen LogP contribution in [0.25, 0.3) is 0 Å². The van der Waals surface area contributed by atoms with Crippen LogP contribution in [0.5, 0.6) is 5.88 Å². The molecular weight excluding hydrogens is 212 g/mol. The maximum Gasteiger partial charge on any atom is 0.232 e. The molecule has 1 saturated carbocycles. The zero-order chi connectivity index (χ0) is 12.1. The van der Waals surface area contributed by atoms with Crippen molar-refractivity contribution in [1.82, 2.24) is 4.98 Å². The largest absolute Gasteiger partial charge is 0.473 e. The molecule has 17 heavy (non-hydrogen) atoms. The lowest BCUT2D eigenvalue weighted by Gasteiger charge is -2.17. The van der Waals surface area contributed by atoms with E-state index in [2.05, 4.69) is 11.1 Å². The van der Waals surface area contributed by atoms with Crippen molar-refractivity contribution in [3.8, 4) is 11.9 Å². The van der Waals surface area contributed by atoms with E-state index >= 15 is 0 Å². The van der Waals surface area contributed by atoms with Crippen molar-refractivity contribution in [2.75, 3.05) is 0 Å². The zero-order valence-corrected chi connectivity index (χ0v) is 10.3. The van der Waals surface area contributed by atoms with Crippen molar-refractivity contribution in [3.63, 3.8) is 0 Å². The molecule has 90 valence electrons. The molecule has 0 aliphatic heterocycles. The summed E-state index contributed by atoms with van der Waals surface area (Å²) in [7, 11) is 0. The third-order valence-corrected chi connectivity index (χ3v) is 3.32. The summed E-state index contributed by atoms with van der Waals surface area (Å²) in [6.07, 6.45) is 9.15. The van der Waals surface area contributed by atoms with Crippen molar-refractivity contribution in [2.45, 2.75) is 51.6 Å². The highest BCUT2D eigenvalue weighted by molar-refractivity contribution is 5.43. The number of aryl methyl sites for hydroxylation is 1. The number of nitriles is 1. The van der Waals surface area contributed by atoms with Gasteiger partial charge in [0.25, 0.3) is 0 Å². The van der Waals surface area contributed by atoms with Gasteiger partial charge in [-0.05, 0) is 44.2 Å². The average molecular weight is 230 g/mol. The van der Waals surface area contributed by atoms with Gasteiger partial charge in [-0.25, -0.2) is 4.98 Å². The SMILES string of the molecule is Cc1ccnc(OC2CCCCCC2)c1C#N. The molecule has 3 nitrogen and oxygen atoms in total. The van der Waals surface area contributed by atoms with Gasteiger partial charge >= 0.3 is 0 Å². The van der Waals surface area contributed by atoms with Gasteiger partial charge in [-0.2, -0.15) is 5.26 Å². The molecule has 1 aliphatic rings. The van der Waals surface area contributed by atoms with E-state index in [0.29, 0.717) is 11.4 Å². The number of aromatic nitrogens is 1. The van der Waals surface area contributed by atoms with Gasteiger partial charge in [0.05, 0.1) is 0 Å². The maximum atomic E-state index is 9.11. The molecule has 0 radical (unpaired) electrons. The van der Waals surface area contributed by atoms with Gasteiger partial charge in [0.1, 0.15) is 17.7 Å². The average Bonchev–Trinajstić information content (AvgIpc) is 2.58. The summed E-state index contributed by atoms with van der Waals surface area (Å²) in [6.45, 7) is 1.92. The van der Waals surface area contributed by atoms with E-state index in [-0.39, 0.29) is 6.10 Å². The van der Waals surface area contributed by atoms with Crippen LogP contribution >= 0.6 is 0 Å². The van der Waals surface area contributed by atoms with Gasteiger partial charge < -0.3 is 4.74 Å². The molecule has 0 aromatic carbocycles. The minimum absolute atomic E-state index is 0.235. The van der Waals surface area contributed by atoms with Gasteiger partial charge in [0.15, 0.2) is 0 Å². The number of pyridine rings is 1. The van der Waals surface area contributed by atoms with Gasteiger partial charge in [0.2, 0.25) is 5.88 Å². The quantitative estimate of drug-likeness (QED) is 0.732. The van der Waals surface area contributed by atoms with Crippen LogP contribution in [0.2, 0.25) is 0 Å². The molecule has 2 rings (SSSR count). The predicted octanol–water partition coefficient (Wildman–Crippen LogP) is 3.36. The number of nitrogens with zero attached hydrogens (tertiary/aromatic N) is 2. The van der Waals surface area contributed by atoms with Crippen molar-refractivity contribution in [1.29, 1.82) is 5.26 Å². The first-order chi connectivity index (χ1) is 8.31. The molecule has 0 N–H and O–H groups in total. The Hall–Kier alpha value is -1.56. The van der Waals surface area contributed by atoms with Crippen molar-refractivity contribution >= 4 is 0 Å². The highest BCUT2D eigenvalue weighted by Crippen LogP contribution is 2.24. The lowest BCUT2D eigenvalue weighted by Crippen LogP contribution is -2.16. The Morgan fingerprint density at radius 1 is 1.29 bits per heavy atom. The Bertz CT molecular complexity index is 415. The molecule has 0 atom stereocenters. The highest BCUT2D eigenvalue weighted by Gasteiger charge is 2.16. The summed E-state index contributed by atoms with van der Waals surface area (Å²) in [5, 5.41) is 9.11. The fourth-order valence-corrected chi connectivity index (χ4v) is 2.28. The van der Waals surface area contributed by atoms with Crippen LogP contribution in [0, 0.1) is 18.3 Å². The van der Waals surface area contributed by atoms with Crippen molar-refractivity contribution in [3.05, 3.63) is 23.4 Å². The van der Waals surface area contributed by atoms with Gasteiger partial charge in [-0.15, -0.1) is 0 Å². The van der Waals surface area contributed by atoms with E-state index in [1.807, 2.05) is 13.0 Å². The third-order valence-electron chi connectivity index (χ3n) is 3.32. The van der Waals surface area contributed by atoms with E-state index < -0.39 is 0 Å². The first-order valence-corrected chi connectivity index (χ1v) is 6.33. The standard InChI is InChI=1S/C14H18N2O/c1-11-8-9-16-14(13(11)10-15)17-12-6-4-2-3-5-7-12/h8-9,12H,2-7H2,1H3. The number of hydrogen-bond acceptors (Lipinski definition) is 3. The second kappa shape index (κ2) is 5.67. The fraction of sp³-hybridized carbons (Fsp3) is 0.571. The normalized spacial score (nSPS) is 17.2. The Morgan fingerprint density at radius 2 is 2.00 bits per heavy atom. The monoisotopic (exact) mass is 230 g/mol. The van der Waals surface area contributed by atoms with Crippen LogP contribution in [-0.4, -0.2) is 11.1 Å². The number of ether oxygens (including phenoxy) is 1. The second-order valence-corrected chi connectivity index (χ2v) is 4.65. The van der Waals surface area contributed by atoms with Gasteiger partial charge in [-0.3, -0.25) is 0 Å². The van der Waals surface area contributed by atoms with Crippen LogP contribution in [0.15, 0.2) is 12.3 Å². The van der Waals surface area contributed by atoms with E-state index in [9.17, 15) is 0 Å². The maximum absolute atomic E-state index is 9.11. The molecule has 1 heterocycles. The second-order valence-electron chi connectivity index (χ2n) is 4.65. The summed E-state index contributed by atoms with van der Waals surface area (Å²) >= 11 is 0. The highest BCUT2D eigenvalue weighted by atomic mass is 16.5. The lowest BCUT2D eigenvalue weighted by molar-refractivity contribution is 0.175. The molecule has 0 amide bonds. The molecule has 3 heteroatoms. The lowest BCUT2D eigenvalue weighted by atomic mass is 10.1. The summed E-state index contributed by atoms with van der Waals surface area (Å²) < 4.78 is 5.90. The minimum atomic E-state index is 0.235. The Kier molecular flexibility index (Phi) is 3.98. The molecule has 1 aromatic rings. The topological polar surface area (TPSA) is 45.9 Å².